The molecule has 0 spiro atoms. The molecule has 1 amide bonds. The minimum Gasteiger partial charge on any atom is -0.348 e. The number of amides is 1. The van der Waals surface area contributed by atoms with Crippen molar-refractivity contribution in [3.05, 3.63) is 33.1 Å². The van der Waals surface area contributed by atoms with E-state index in [1.165, 1.54) is 12.3 Å². The zero-order chi connectivity index (χ0) is 14.4. The third-order valence-electron chi connectivity index (χ3n) is 2.47. The van der Waals surface area contributed by atoms with Crippen LogP contribution in [0.25, 0.3) is 0 Å². The second-order valence-corrected chi connectivity index (χ2v) is 4.05. The molecule has 1 heterocycles. The second-order valence-electron chi connectivity index (χ2n) is 3.70. The zero-order valence-corrected chi connectivity index (χ0v) is 10.8. The maximum atomic E-state index is 12.0. The Bertz CT molecular complexity index is 541. The molecule has 0 aliphatic heterocycles. The fourth-order valence-corrected chi connectivity index (χ4v) is 1.68. The van der Waals surface area contributed by atoms with Crippen molar-refractivity contribution in [3.63, 3.8) is 0 Å². The number of aromatic nitrogens is 1. The third-order valence-corrected chi connectivity index (χ3v) is 2.75. The molecule has 0 fully saturated rings. The van der Waals surface area contributed by atoms with E-state index in [0.717, 1.165) is 0 Å². The van der Waals surface area contributed by atoms with Gasteiger partial charge in [-0.05, 0) is 12.5 Å². The van der Waals surface area contributed by atoms with Crippen molar-refractivity contribution >= 4 is 23.2 Å². The fourth-order valence-electron chi connectivity index (χ4n) is 1.46. The number of nitrogens with zero attached hydrogens (tertiary/aromatic N) is 3. The molecule has 7 nitrogen and oxygen atoms in total. The molecular formula is C11H11ClN4O3. The molecule has 0 bridgehead atoms. The Balaban J connectivity index is 3.04. The van der Waals surface area contributed by atoms with Gasteiger partial charge in [-0.2, -0.15) is 5.26 Å². The molecule has 19 heavy (non-hydrogen) atoms. The van der Waals surface area contributed by atoms with Gasteiger partial charge in [0, 0.05) is 12.2 Å². The van der Waals surface area contributed by atoms with E-state index >= 15 is 0 Å². The topological polar surface area (TPSA) is 109 Å². The van der Waals surface area contributed by atoms with Crippen molar-refractivity contribution < 1.29 is 9.72 Å². The van der Waals surface area contributed by atoms with E-state index in [2.05, 4.69) is 10.3 Å². The maximum absolute atomic E-state index is 12.0. The van der Waals surface area contributed by atoms with Crippen LogP contribution in [0.3, 0.4) is 0 Å². The standard InChI is InChI=1S/C11H11ClN4O3/c1-2-7(3-5-13)15-11(17)8-4-6-14-10(12)9(8)16(18)19/h4,6-7H,2-3H2,1H3,(H,15,17). The molecule has 1 aromatic rings. The van der Waals surface area contributed by atoms with Crippen LogP contribution in [0.15, 0.2) is 12.3 Å². The summed E-state index contributed by atoms with van der Waals surface area (Å²) >= 11 is 5.61. The predicted octanol–water partition coefficient (Wildman–Crippen LogP) is 2.07. The molecular weight excluding hydrogens is 272 g/mol. The lowest BCUT2D eigenvalue weighted by Gasteiger charge is -2.13. The van der Waals surface area contributed by atoms with Gasteiger partial charge in [-0.1, -0.05) is 18.5 Å². The number of carbonyl (C=O) groups is 1. The number of nitriles is 1. The molecule has 1 atom stereocenters. The summed E-state index contributed by atoms with van der Waals surface area (Å²) in [6.45, 7) is 1.80. The van der Waals surface area contributed by atoms with E-state index in [1.54, 1.807) is 6.92 Å². The molecule has 100 valence electrons. The summed E-state index contributed by atoms with van der Waals surface area (Å²) in [5, 5.41) is 21.7. The zero-order valence-electron chi connectivity index (χ0n) is 10.1. The van der Waals surface area contributed by atoms with Gasteiger partial charge in [-0.3, -0.25) is 14.9 Å². The van der Waals surface area contributed by atoms with E-state index in [-0.39, 0.29) is 23.2 Å². The van der Waals surface area contributed by atoms with E-state index in [9.17, 15) is 14.9 Å². The van der Waals surface area contributed by atoms with E-state index in [4.69, 9.17) is 16.9 Å². The summed E-state index contributed by atoms with van der Waals surface area (Å²) in [6.07, 6.45) is 1.90. The molecule has 0 aliphatic carbocycles. The highest BCUT2D eigenvalue weighted by Crippen LogP contribution is 2.25. The summed E-state index contributed by atoms with van der Waals surface area (Å²) in [5.74, 6) is -0.641. The van der Waals surface area contributed by atoms with Crippen LogP contribution in [0.5, 0.6) is 0 Å². The monoisotopic (exact) mass is 282 g/mol. The first kappa shape index (κ1) is 14.9. The summed E-state index contributed by atoms with van der Waals surface area (Å²) in [7, 11) is 0. The number of hydrogen-bond acceptors (Lipinski definition) is 5. The Kier molecular flexibility index (Phi) is 5.21. The van der Waals surface area contributed by atoms with E-state index in [1.807, 2.05) is 6.07 Å². The minimum atomic E-state index is -0.754. The number of nitrogens with one attached hydrogen (secondary N) is 1. The van der Waals surface area contributed by atoms with E-state index < -0.39 is 16.5 Å². The van der Waals surface area contributed by atoms with Crippen LogP contribution < -0.4 is 5.32 Å². The number of nitro groups is 1. The van der Waals surface area contributed by atoms with Crippen LogP contribution in [0.1, 0.15) is 30.1 Å². The molecule has 1 N–H and O–H groups in total. The molecule has 1 unspecified atom stereocenters. The molecule has 0 radical (unpaired) electrons. The molecule has 0 aliphatic rings. The largest absolute Gasteiger partial charge is 0.348 e. The average Bonchev–Trinajstić information content (AvgIpc) is 2.37. The van der Waals surface area contributed by atoms with Crippen molar-refractivity contribution in [1.82, 2.24) is 10.3 Å². The van der Waals surface area contributed by atoms with E-state index in [0.29, 0.717) is 6.42 Å². The maximum Gasteiger partial charge on any atom is 0.319 e. The van der Waals surface area contributed by atoms with Crippen molar-refractivity contribution in [2.75, 3.05) is 0 Å². The van der Waals surface area contributed by atoms with Gasteiger partial charge >= 0.3 is 5.69 Å². The van der Waals surface area contributed by atoms with Gasteiger partial charge in [-0.15, -0.1) is 0 Å². The summed E-state index contributed by atoms with van der Waals surface area (Å²) in [5.41, 5.74) is -0.699. The van der Waals surface area contributed by atoms with Crippen LogP contribution in [-0.2, 0) is 0 Å². The first-order chi connectivity index (χ1) is 9.01. The van der Waals surface area contributed by atoms with Crippen LogP contribution in [0.2, 0.25) is 5.15 Å². The first-order valence-electron chi connectivity index (χ1n) is 5.48. The highest BCUT2D eigenvalue weighted by molar-refractivity contribution is 6.32. The highest BCUT2D eigenvalue weighted by Gasteiger charge is 2.25. The number of rotatable bonds is 5. The lowest BCUT2D eigenvalue weighted by molar-refractivity contribution is -0.385. The van der Waals surface area contributed by atoms with Crippen molar-refractivity contribution in [1.29, 1.82) is 5.26 Å². The average molecular weight is 283 g/mol. The predicted molar refractivity (Wildman–Crippen MR) is 67.7 cm³/mol. The highest BCUT2D eigenvalue weighted by atomic mass is 35.5. The molecule has 1 aromatic heterocycles. The van der Waals surface area contributed by atoms with Crippen LogP contribution in [0.4, 0.5) is 5.69 Å². The molecule has 0 saturated carbocycles. The first-order valence-corrected chi connectivity index (χ1v) is 5.85. The van der Waals surface area contributed by atoms with Crippen LogP contribution >= 0.6 is 11.6 Å². The lowest BCUT2D eigenvalue weighted by Crippen LogP contribution is -2.34. The number of carbonyl (C=O) groups excluding carboxylic acids is 1. The molecule has 1 rings (SSSR count). The normalized spacial score (nSPS) is 11.4. The summed E-state index contributed by atoms with van der Waals surface area (Å²) < 4.78 is 0. The van der Waals surface area contributed by atoms with Gasteiger partial charge in [0.1, 0.15) is 5.56 Å². The SMILES string of the molecule is CCC(CC#N)NC(=O)c1ccnc(Cl)c1[N+](=O)[O-]. The Morgan fingerprint density at radius 1 is 1.74 bits per heavy atom. The van der Waals surface area contributed by atoms with Gasteiger partial charge < -0.3 is 5.32 Å². The Hall–Kier alpha value is -2.20. The molecule has 8 heteroatoms. The van der Waals surface area contributed by atoms with Gasteiger partial charge in [0.05, 0.1) is 17.4 Å². The van der Waals surface area contributed by atoms with Crippen molar-refractivity contribution in [2.45, 2.75) is 25.8 Å². The van der Waals surface area contributed by atoms with Gasteiger partial charge in [-0.25, -0.2) is 4.98 Å². The number of halogens is 1. The number of hydrogen-bond donors (Lipinski definition) is 1. The molecule has 0 aromatic carbocycles. The summed E-state index contributed by atoms with van der Waals surface area (Å²) in [6, 6.07) is 2.80. The fraction of sp³-hybridized carbons (Fsp3) is 0.364. The van der Waals surface area contributed by atoms with Crippen LogP contribution in [0, 0.1) is 21.4 Å². The Labute approximate surface area is 114 Å². The van der Waals surface area contributed by atoms with Gasteiger partial charge in [0.2, 0.25) is 5.15 Å². The molecule has 0 saturated heterocycles. The van der Waals surface area contributed by atoms with Gasteiger partial charge in [0.25, 0.3) is 5.91 Å². The summed E-state index contributed by atoms with van der Waals surface area (Å²) in [4.78, 5) is 25.6. The number of pyridine rings is 1. The minimum absolute atomic E-state index is 0.134. The Morgan fingerprint density at radius 2 is 2.42 bits per heavy atom. The van der Waals surface area contributed by atoms with Crippen molar-refractivity contribution in [2.24, 2.45) is 0 Å². The van der Waals surface area contributed by atoms with Crippen LogP contribution in [-0.4, -0.2) is 21.9 Å². The quantitative estimate of drug-likeness (QED) is 0.505. The third kappa shape index (κ3) is 3.63. The smallest absolute Gasteiger partial charge is 0.319 e. The Morgan fingerprint density at radius 3 is 2.95 bits per heavy atom. The van der Waals surface area contributed by atoms with Crippen molar-refractivity contribution in [3.8, 4) is 6.07 Å². The lowest BCUT2D eigenvalue weighted by atomic mass is 10.1. The van der Waals surface area contributed by atoms with Gasteiger partial charge in [0.15, 0.2) is 0 Å². The second kappa shape index (κ2) is 6.66.